The number of benzene rings is 1. The van der Waals surface area contributed by atoms with E-state index < -0.39 is 0 Å². The Labute approximate surface area is 153 Å². The molecule has 25 heavy (non-hydrogen) atoms. The highest BCUT2D eigenvalue weighted by molar-refractivity contribution is 8.01. The number of hydrogen-bond acceptors (Lipinski definition) is 3. The van der Waals surface area contributed by atoms with Crippen LogP contribution in [0.5, 0.6) is 0 Å². The average Bonchev–Trinajstić information content (AvgIpc) is 3.13. The number of likely N-dealkylation sites (tertiary alicyclic amines) is 1. The topological polar surface area (TPSA) is 49.4 Å². The Morgan fingerprint density at radius 3 is 2.76 bits per heavy atom. The molecule has 5 heteroatoms. The van der Waals surface area contributed by atoms with Gasteiger partial charge in [0.1, 0.15) is 0 Å². The molecular formula is C20H26N2O2S. The number of thioether (sulfide) groups is 1. The molecule has 1 saturated carbocycles. The van der Waals surface area contributed by atoms with Crippen LogP contribution in [0.3, 0.4) is 0 Å². The van der Waals surface area contributed by atoms with Gasteiger partial charge in [-0.1, -0.05) is 31.4 Å². The lowest BCUT2D eigenvalue weighted by atomic mass is 9.83. The Morgan fingerprint density at radius 2 is 1.92 bits per heavy atom. The largest absolute Gasteiger partial charge is 0.339 e. The monoisotopic (exact) mass is 358 g/mol. The standard InChI is InChI=1S/C20H26N2O2S/c23-19(22-12-6-10-16(22)14-7-2-1-3-8-14)13-18-20(24)21-15-9-4-5-11-17(15)25-18/h4-5,9,11,14,16,18H,1-3,6-8,10,12-13H2,(H,21,24)/t16-,18-/m0/s1. The summed E-state index contributed by atoms with van der Waals surface area (Å²) in [6.45, 7) is 0.871. The SMILES string of the molecule is O=C1Nc2ccccc2S[C@H]1CC(=O)N1CCC[C@H]1C1CCCCC1. The zero-order valence-electron chi connectivity index (χ0n) is 14.6. The Balaban J connectivity index is 1.42. The first-order valence-electron chi connectivity index (χ1n) is 9.58. The van der Waals surface area contributed by atoms with E-state index in [4.69, 9.17) is 0 Å². The maximum absolute atomic E-state index is 13.0. The summed E-state index contributed by atoms with van der Waals surface area (Å²) in [6.07, 6.45) is 9.05. The molecule has 0 radical (unpaired) electrons. The Morgan fingerprint density at radius 1 is 1.12 bits per heavy atom. The van der Waals surface area contributed by atoms with Gasteiger partial charge in [-0.25, -0.2) is 0 Å². The van der Waals surface area contributed by atoms with Crippen LogP contribution in [0, 0.1) is 5.92 Å². The lowest BCUT2D eigenvalue weighted by Crippen LogP contribution is -2.43. The van der Waals surface area contributed by atoms with E-state index in [1.165, 1.54) is 43.9 Å². The molecule has 2 fully saturated rings. The van der Waals surface area contributed by atoms with Gasteiger partial charge in [-0.05, 0) is 43.7 Å². The maximum atomic E-state index is 13.0. The minimum atomic E-state index is -0.310. The molecule has 2 heterocycles. The van der Waals surface area contributed by atoms with Gasteiger partial charge in [0, 0.05) is 23.9 Å². The van der Waals surface area contributed by atoms with Gasteiger partial charge >= 0.3 is 0 Å². The van der Waals surface area contributed by atoms with Gasteiger partial charge in [-0.3, -0.25) is 9.59 Å². The zero-order chi connectivity index (χ0) is 17.2. The molecule has 2 atom stereocenters. The van der Waals surface area contributed by atoms with E-state index in [2.05, 4.69) is 10.2 Å². The number of amides is 2. The first-order valence-corrected chi connectivity index (χ1v) is 10.5. The lowest BCUT2D eigenvalue weighted by Gasteiger charge is -2.35. The first-order chi connectivity index (χ1) is 12.2. The van der Waals surface area contributed by atoms with Crippen molar-refractivity contribution in [3.63, 3.8) is 0 Å². The first kappa shape index (κ1) is 17.0. The summed E-state index contributed by atoms with van der Waals surface area (Å²) in [6, 6.07) is 8.23. The molecule has 1 aromatic rings. The van der Waals surface area contributed by atoms with E-state index in [9.17, 15) is 9.59 Å². The number of rotatable bonds is 3. The van der Waals surface area contributed by atoms with Crippen LogP contribution in [0.25, 0.3) is 0 Å². The minimum Gasteiger partial charge on any atom is -0.339 e. The second-order valence-electron chi connectivity index (χ2n) is 7.49. The van der Waals surface area contributed by atoms with E-state index in [1.54, 1.807) is 0 Å². The molecule has 0 spiro atoms. The summed E-state index contributed by atoms with van der Waals surface area (Å²) < 4.78 is 0. The fraction of sp³-hybridized carbons (Fsp3) is 0.600. The molecule has 1 saturated heterocycles. The third-order valence-corrected chi connectivity index (χ3v) is 7.16. The second kappa shape index (κ2) is 7.40. The number of anilines is 1. The minimum absolute atomic E-state index is 0.0366. The number of para-hydroxylation sites is 1. The molecule has 3 aliphatic rings. The summed E-state index contributed by atoms with van der Waals surface area (Å²) >= 11 is 1.53. The molecule has 0 unspecified atom stereocenters. The van der Waals surface area contributed by atoms with Crippen LogP contribution < -0.4 is 5.32 Å². The van der Waals surface area contributed by atoms with Crippen LogP contribution in [0.15, 0.2) is 29.2 Å². The molecule has 4 nitrogen and oxygen atoms in total. The van der Waals surface area contributed by atoms with Gasteiger partial charge < -0.3 is 10.2 Å². The van der Waals surface area contributed by atoms with Crippen LogP contribution in [0.4, 0.5) is 5.69 Å². The third-order valence-electron chi connectivity index (χ3n) is 5.88. The van der Waals surface area contributed by atoms with E-state index in [-0.39, 0.29) is 17.1 Å². The van der Waals surface area contributed by atoms with Crippen molar-refractivity contribution < 1.29 is 9.59 Å². The predicted molar refractivity (Wildman–Crippen MR) is 101 cm³/mol. The van der Waals surface area contributed by atoms with E-state index >= 15 is 0 Å². The summed E-state index contributed by atoms with van der Waals surface area (Å²) in [5.74, 6) is 0.805. The maximum Gasteiger partial charge on any atom is 0.238 e. The highest BCUT2D eigenvalue weighted by Gasteiger charge is 2.37. The van der Waals surface area contributed by atoms with Crippen molar-refractivity contribution >= 4 is 29.3 Å². The van der Waals surface area contributed by atoms with Gasteiger partial charge in [0.25, 0.3) is 0 Å². The van der Waals surface area contributed by atoms with Crippen molar-refractivity contribution in [3.8, 4) is 0 Å². The average molecular weight is 359 g/mol. The summed E-state index contributed by atoms with van der Waals surface area (Å²) in [4.78, 5) is 28.5. The summed E-state index contributed by atoms with van der Waals surface area (Å²) in [7, 11) is 0. The molecule has 0 bridgehead atoms. The smallest absolute Gasteiger partial charge is 0.238 e. The Bertz CT molecular complexity index is 657. The van der Waals surface area contributed by atoms with Gasteiger partial charge in [-0.15, -0.1) is 11.8 Å². The molecule has 1 N–H and O–H groups in total. The van der Waals surface area contributed by atoms with Gasteiger partial charge in [0.05, 0.1) is 10.9 Å². The highest BCUT2D eigenvalue weighted by Crippen LogP contribution is 2.38. The molecule has 2 amide bonds. The van der Waals surface area contributed by atoms with Gasteiger partial charge in [-0.2, -0.15) is 0 Å². The molecule has 1 aliphatic carbocycles. The van der Waals surface area contributed by atoms with Crippen molar-refractivity contribution in [3.05, 3.63) is 24.3 Å². The number of hydrogen-bond donors (Lipinski definition) is 1. The van der Waals surface area contributed by atoms with Crippen LogP contribution in [0.1, 0.15) is 51.4 Å². The number of nitrogens with zero attached hydrogens (tertiary/aromatic N) is 1. The number of carbonyl (C=O) groups is 2. The van der Waals surface area contributed by atoms with Crippen molar-refractivity contribution in [2.24, 2.45) is 5.92 Å². The lowest BCUT2D eigenvalue weighted by molar-refractivity contribution is -0.134. The fourth-order valence-corrected chi connectivity index (χ4v) is 5.72. The van der Waals surface area contributed by atoms with Crippen molar-refractivity contribution in [2.75, 3.05) is 11.9 Å². The Kier molecular flexibility index (Phi) is 5.02. The van der Waals surface area contributed by atoms with Crippen molar-refractivity contribution in [1.29, 1.82) is 0 Å². The van der Waals surface area contributed by atoms with Crippen LogP contribution in [-0.4, -0.2) is 34.6 Å². The fourth-order valence-electron chi connectivity index (χ4n) is 4.61. The highest BCUT2D eigenvalue weighted by atomic mass is 32.2. The van der Waals surface area contributed by atoms with E-state index in [0.717, 1.165) is 30.0 Å². The molecule has 2 aliphatic heterocycles. The summed E-state index contributed by atoms with van der Waals surface area (Å²) in [5, 5.41) is 2.64. The zero-order valence-corrected chi connectivity index (χ0v) is 15.4. The van der Waals surface area contributed by atoms with Crippen LogP contribution in [0.2, 0.25) is 0 Å². The van der Waals surface area contributed by atoms with Gasteiger partial charge in [0.2, 0.25) is 11.8 Å². The molecule has 4 rings (SSSR count). The molecule has 1 aromatic carbocycles. The van der Waals surface area contributed by atoms with E-state index in [1.807, 2.05) is 24.3 Å². The normalized spacial score (nSPS) is 27.0. The van der Waals surface area contributed by atoms with E-state index in [0.29, 0.717) is 18.4 Å². The predicted octanol–water partition coefficient (Wildman–Crippen LogP) is 4.06. The quantitative estimate of drug-likeness (QED) is 0.886. The summed E-state index contributed by atoms with van der Waals surface area (Å²) in [5.41, 5.74) is 0.863. The number of carbonyl (C=O) groups excluding carboxylic acids is 2. The molecule has 134 valence electrons. The van der Waals surface area contributed by atoms with Crippen LogP contribution >= 0.6 is 11.8 Å². The molecule has 0 aromatic heterocycles. The van der Waals surface area contributed by atoms with Crippen LogP contribution in [-0.2, 0) is 9.59 Å². The second-order valence-corrected chi connectivity index (χ2v) is 8.74. The Hall–Kier alpha value is -1.49. The number of fused-ring (bicyclic) bond motifs is 1. The van der Waals surface area contributed by atoms with Crippen molar-refractivity contribution in [1.82, 2.24) is 4.90 Å². The van der Waals surface area contributed by atoms with Gasteiger partial charge in [0.15, 0.2) is 0 Å². The van der Waals surface area contributed by atoms with Crippen molar-refractivity contribution in [2.45, 2.75) is 67.6 Å². The number of nitrogens with one attached hydrogen (secondary N) is 1. The third kappa shape index (κ3) is 3.57. The molecular weight excluding hydrogens is 332 g/mol.